The van der Waals surface area contributed by atoms with E-state index in [0.717, 1.165) is 6.54 Å². The standard InChI is InChI=1S/C10H12N4O2/c1-13-7-4-11-14(5-6-2-3-6)8(7)9(15)12-10(13)16/h4,6H,2-3,5H2,1H3,(H,12,15,16). The van der Waals surface area contributed by atoms with E-state index >= 15 is 0 Å². The molecule has 0 aromatic carbocycles. The normalized spacial score (nSPS) is 15.8. The molecule has 1 fully saturated rings. The van der Waals surface area contributed by atoms with Crippen LogP contribution in [0.5, 0.6) is 0 Å². The molecule has 1 aliphatic carbocycles. The van der Waals surface area contributed by atoms with Gasteiger partial charge in [0, 0.05) is 13.6 Å². The Morgan fingerprint density at radius 3 is 2.94 bits per heavy atom. The van der Waals surface area contributed by atoms with Crippen molar-refractivity contribution in [1.29, 1.82) is 0 Å². The number of hydrogen-bond donors (Lipinski definition) is 1. The number of rotatable bonds is 2. The summed E-state index contributed by atoms with van der Waals surface area (Å²) in [7, 11) is 1.63. The number of nitrogens with one attached hydrogen (secondary N) is 1. The largest absolute Gasteiger partial charge is 0.328 e. The van der Waals surface area contributed by atoms with Crippen LogP contribution in [0.25, 0.3) is 11.0 Å². The average molecular weight is 220 g/mol. The van der Waals surface area contributed by atoms with Crippen LogP contribution in [0.15, 0.2) is 15.8 Å². The van der Waals surface area contributed by atoms with Gasteiger partial charge in [-0.05, 0) is 18.8 Å². The Kier molecular flexibility index (Phi) is 1.80. The van der Waals surface area contributed by atoms with E-state index in [9.17, 15) is 9.59 Å². The van der Waals surface area contributed by atoms with Crippen molar-refractivity contribution < 1.29 is 0 Å². The van der Waals surface area contributed by atoms with Gasteiger partial charge in [-0.15, -0.1) is 0 Å². The van der Waals surface area contributed by atoms with E-state index in [0.29, 0.717) is 17.0 Å². The van der Waals surface area contributed by atoms with Gasteiger partial charge < -0.3 is 0 Å². The molecule has 16 heavy (non-hydrogen) atoms. The Morgan fingerprint density at radius 1 is 1.50 bits per heavy atom. The quantitative estimate of drug-likeness (QED) is 0.763. The number of fused-ring (bicyclic) bond motifs is 1. The lowest BCUT2D eigenvalue weighted by Gasteiger charge is -2.01. The van der Waals surface area contributed by atoms with Gasteiger partial charge in [0.25, 0.3) is 5.56 Å². The van der Waals surface area contributed by atoms with Gasteiger partial charge in [-0.1, -0.05) is 0 Å². The topological polar surface area (TPSA) is 72.7 Å². The third-order valence-corrected chi connectivity index (χ3v) is 3.05. The van der Waals surface area contributed by atoms with Gasteiger partial charge in [0.1, 0.15) is 0 Å². The second kappa shape index (κ2) is 3.07. The lowest BCUT2D eigenvalue weighted by molar-refractivity contribution is 0.578. The number of aromatic amines is 1. The zero-order valence-electron chi connectivity index (χ0n) is 8.93. The van der Waals surface area contributed by atoms with Crippen molar-refractivity contribution in [2.24, 2.45) is 13.0 Å². The first-order valence-corrected chi connectivity index (χ1v) is 5.31. The van der Waals surface area contributed by atoms with Crippen molar-refractivity contribution >= 4 is 11.0 Å². The molecule has 1 aliphatic rings. The molecule has 6 nitrogen and oxygen atoms in total. The highest BCUT2D eigenvalue weighted by atomic mass is 16.2. The second-order valence-corrected chi connectivity index (χ2v) is 4.32. The minimum Gasteiger partial charge on any atom is -0.293 e. The van der Waals surface area contributed by atoms with Gasteiger partial charge in [-0.3, -0.25) is 19.0 Å². The van der Waals surface area contributed by atoms with Crippen molar-refractivity contribution in [3.8, 4) is 0 Å². The molecule has 84 valence electrons. The highest BCUT2D eigenvalue weighted by molar-refractivity contribution is 5.73. The third kappa shape index (κ3) is 1.30. The number of hydrogen-bond acceptors (Lipinski definition) is 3. The van der Waals surface area contributed by atoms with Crippen LogP contribution in [0.3, 0.4) is 0 Å². The van der Waals surface area contributed by atoms with Crippen LogP contribution in [-0.4, -0.2) is 19.3 Å². The van der Waals surface area contributed by atoms with Crippen LogP contribution in [0.4, 0.5) is 0 Å². The Hall–Kier alpha value is -1.85. The van der Waals surface area contributed by atoms with E-state index in [2.05, 4.69) is 10.1 Å². The van der Waals surface area contributed by atoms with E-state index in [1.54, 1.807) is 17.9 Å². The molecule has 0 spiro atoms. The fourth-order valence-corrected chi connectivity index (χ4v) is 1.89. The predicted molar refractivity (Wildman–Crippen MR) is 58.3 cm³/mol. The number of aromatic nitrogens is 4. The zero-order chi connectivity index (χ0) is 11.3. The van der Waals surface area contributed by atoms with Crippen LogP contribution in [0.2, 0.25) is 0 Å². The Labute approximate surface area is 90.5 Å². The van der Waals surface area contributed by atoms with Crippen LogP contribution in [0, 0.1) is 5.92 Å². The molecule has 0 radical (unpaired) electrons. The molecule has 6 heteroatoms. The smallest absolute Gasteiger partial charge is 0.293 e. The summed E-state index contributed by atoms with van der Waals surface area (Å²) in [5.74, 6) is 0.639. The summed E-state index contributed by atoms with van der Waals surface area (Å²) in [6.07, 6.45) is 3.98. The maximum absolute atomic E-state index is 11.7. The molecule has 2 aromatic rings. The number of nitrogens with zero attached hydrogens (tertiary/aromatic N) is 3. The SMILES string of the molecule is Cn1c(=O)[nH]c(=O)c2c1cnn2CC1CC1. The monoisotopic (exact) mass is 220 g/mol. The first-order valence-electron chi connectivity index (χ1n) is 5.31. The van der Waals surface area contributed by atoms with E-state index in [4.69, 9.17) is 0 Å². The van der Waals surface area contributed by atoms with Crippen LogP contribution < -0.4 is 11.2 Å². The molecule has 0 amide bonds. The lowest BCUT2D eigenvalue weighted by atomic mass is 10.4. The minimum absolute atomic E-state index is 0.351. The van der Waals surface area contributed by atoms with E-state index in [1.807, 2.05) is 0 Å². The molecule has 2 aromatic heterocycles. The van der Waals surface area contributed by atoms with Gasteiger partial charge in [0.05, 0.1) is 11.7 Å². The van der Waals surface area contributed by atoms with E-state index in [1.165, 1.54) is 17.4 Å². The second-order valence-electron chi connectivity index (χ2n) is 4.32. The Morgan fingerprint density at radius 2 is 2.25 bits per heavy atom. The van der Waals surface area contributed by atoms with E-state index < -0.39 is 5.69 Å². The van der Waals surface area contributed by atoms with E-state index in [-0.39, 0.29) is 5.56 Å². The summed E-state index contributed by atoms with van der Waals surface area (Å²) < 4.78 is 3.11. The molecule has 2 heterocycles. The molecule has 3 rings (SSSR count). The average Bonchev–Trinajstić information content (AvgIpc) is 2.93. The molecule has 1 saturated carbocycles. The number of H-pyrrole nitrogens is 1. The minimum atomic E-state index is -0.400. The zero-order valence-corrected chi connectivity index (χ0v) is 8.93. The van der Waals surface area contributed by atoms with Crippen molar-refractivity contribution in [2.75, 3.05) is 0 Å². The summed E-state index contributed by atoms with van der Waals surface area (Å²) in [6, 6.07) is 0. The molecular formula is C10H12N4O2. The van der Waals surface area contributed by atoms with Gasteiger partial charge in [0.2, 0.25) is 0 Å². The Balaban J connectivity index is 2.28. The summed E-state index contributed by atoms with van der Waals surface area (Å²) >= 11 is 0. The summed E-state index contributed by atoms with van der Waals surface area (Å²) in [5.41, 5.74) is 0.336. The first-order chi connectivity index (χ1) is 7.66. The molecule has 0 atom stereocenters. The molecule has 0 aliphatic heterocycles. The van der Waals surface area contributed by atoms with Gasteiger partial charge >= 0.3 is 5.69 Å². The molecule has 0 unspecified atom stereocenters. The van der Waals surface area contributed by atoms with Gasteiger partial charge in [0.15, 0.2) is 5.52 Å². The van der Waals surface area contributed by atoms with Gasteiger partial charge in [-0.25, -0.2) is 4.79 Å². The maximum Gasteiger partial charge on any atom is 0.328 e. The molecule has 0 bridgehead atoms. The molecule has 1 N–H and O–H groups in total. The fraction of sp³-hybridized carbons (Fsp3) is 0.500. The highest BCUT2D eigenvalue weighted by Crippen LogP contribution is 2.30. The van der Waals surface area contributed by atoms with Crippen molar-refractivity contribution in [3.05, 3.63) is 27.0 Å². The third-order valence-electron chi connectivity index (χ3n) is 3.05. The fourth-order valence-electron chi connectivity index (χ4n) is 1.89. The summed E-state index contributed by atoms with van der Waals surface area (Å²) in [5, 5.41) is 4.18. The number of aryl methyl sites for hydroxylation is 1. The summed E-state index contributed by atoms with van der Waals surface area (Å²) in [4.78, 5) is 25.4. The predicted octanol–water partition coefficient (Wildman–Crippen LogP) is -0.167. The molecule has 0 saturated heterocycles. The van der Waals surface area contributed by atoms with Crippen LogP contribution in [-0.2, 0) is 13.6 Å². The molecular weight excluding hydrogens is 208 g/mol. The highest BCUT2D eigenvalue weighted by Gasteiger charge is 2.23. The Bertz CT molecular complexity index is 659. The first kappa shape index (κ1) is 9.38. The summed E-state index contributed by atoms with van der Waals surface area (Å²) in [6.45, 7) is 0.769. The maximum atomic E-state index is 11.7. The van der Waals surface area contributed by atoms with Crippen LogP contribution >= 0.6 is 0 Å². The lowest BCUT2D eigenvalue weighted by Crippen LogP contribution is -2.29. The van der Waals surface area contributed by atoms with Crippen molar-refractivity contribution in [3.63, 3.8) is 0 Å². The van der Waals surface area contributed by atoms with Crippen LogP contribution in [0.1, 0.15) is 12.8 Å². The van der Waals surface area contributed by atoms with Crippen molar-refractivity contribution in [1.82, 2.24) is 19.3 Å². The van der Waals surface area contributed by atoms with Crippen molar-refractivity contribution in [2.45, 2.75) is 19.4 Å². The van der Waals surface area contributed by atoms with Gasteiger partial charge in [-0.2, -0.15) is 5.10 Å².